The molecule has 0 fully saturated rings. The number of hydrogen-bond acceptors (Lipinski definition) is 4. The zero-order valence-corrected chi connectivity index (χ0v) is 7.02. The number of rotatable bonds is 0. The van der Waals surface area contributed by atoms with Gasteiger partial charge in [0.25, 0.3) is 0 Å². The maximum atomic E-state index is 9.01. The molecule has 0 radical (unpaired) electrons. The standard InChI is InChI=1S/C5H4BNO3.C2H6/c8-6-4-1-2-7-3-5(4)9-10-6;1-2/h1-3,8H;1-2H3. The summed E-state index contributed by atoms with van der Waals surface area (Å²) in [6.45, 7) is 4.00. The largest absolute Gasteiger partial charge is 0.542 e. The fourth-order valence-electron chi connectivity index (χ4n) is 0.814. The highest BCUT2D eigenvalue weighted by atomic mass is 17.2. The highest BCUT2D eigenvalue weighted by Crippen LogP contribution is 2.11. The minimum Gasteiger partial charge on any atom is -0.421 e. The molecule has 64 valence electrons. The zero-order valence-electron chi connectivity index (χ0n) is 7.02. The van der Waals surface area contributed by atoms with Gasteiger partial charge in [0, 0.05) is 11.7 Å². The summed E-state index contributed by atoms with van der Waals surface area (Å²) in [5, 5.41) is 9.01. The van der Waals surface area contributed by atoms with Gasteiger partial charge in [0.1, 0.15) is 0 Å². The Balaban J connectivity index is 0.000000336. The van der Waals surface area contributed by atoms with Gasteiger partial charge < -0.3 is 9.91 Å². The molecule has 0 aromatic carbocycles. The van der Waals surface area contributed by atoms with Gasteiger partial charge in [0.15, 0.2) is 5.75 Å². The number of pyridine rings is 1. The highest BCUT2D eigenvalue weighted by molar-refractivity contribution is 6.61. The molecule has 0 aliphatic carbocycles. The smallest absolute Gasteiger partial charge is 0.421 e. The van der Waals surface area contributed by atoms with Gasteiger partial charge in [-0.3, -0.25) is 4.98 Å². The van der Waals surface area contributed by atoms with Crippen molar-refractivity contribution in [3.8, 4) is 5.75 Å². The average molecular weight is 167 g/mol. The fourth-order valence-corrected chi connectivity index (χ4v) is 0.814. The number of aromatic nitrogens is 1. The molecule has 1 aliphatic rings. The summed E-state index contributed by atoms with van der Waals surface area (Å²) in [6, 6.07) is 1.65. The fraction of sp³-hybridized carbons (Fsp3) is 0.286. The van der Waals surface area contributed by atoms with Crippen molar-refractivity contribution in [2.24, 2.45) is 0 Å². The summed E-state index contributed by atoms with van der Waals surface area (Å²) >= 11 is 0. The average Bonchev–Trinajstić information content (AvgIpc) is 2.53. The van der Waals surface area contributed by atoms with Crippen LogP contribution in [0.4, 0.5) is 0 Å². The van der Waals surface area contributed by atoms with Crippen molar-refractivity contribution in [1.82, 2.24) is 4.98 Å². The van der Waals surface area contributed by atoms with Crippen LogP contribution < -0.4 is 10.4 Å². The van der Waals surface area contributed by atoms with Crippen LogP contribution in [0.3, 0.4) is 0 Å². The van der Waals surface area contributed by atoms with Gasteiger partial charge in [0.05, 0.1) is 6.20 Å². The predicted octanol–water partition coefficient (Wildman–Crippen LogP) is 0.119. The molecule has 0 saturated heterocycles. The van der Waals surface area contributed by atoms with Crippen LogP contribution in [-0.4, -0.2) is 17.1 Å². The van der Waals surface area contributed by atoms with Gasteiger partial charge in [0.2, 0.25) is 0 Å². The van der Waals surface area contributed by atoms with Crippen molar-refractivity contribution in [3.05, 3.63) is 18.5 Å². The molecule has 0 amide bonds. The molecule has 1 aromatic rings. The van der Waals surface area contributed by atoms with Crippen LogP contribution in [0, 0.1) is 0 Å². The number of nitrogens with zero attached hydrogens (tertiary/aromatic N) is 1. The summed E-state index contributed by atoms with van der Waals surface area (Å²) in [7, 11) is -0.960. The normalized spacial score (nSPS) is 12.8. The van der Waals surface area contributed by atoms with Crippen LogP contribution in [0.25, 0.3) is 0 Å². The third-order valence-electron chi connectivity index (χ3n) is 1.31. The first-order chi connectivity index (χ1) is 5.88. The zero-order chi connectivity index (χ0) is 8.97. The Kier molecular flexibility index (Phi) is 3.07. The summed E-state index contributed by atoms with van der Waals surface area (Å²) in [6.07, 6.45) is 3.06. The van der Waals surface area contributed by atoms with E-state index < -0.39 is 7.12 Å². The molecule has 1 aliphatic heterocycles. The molecule has 1 N–H and O–H groups in total. The molecular weight excluding hydrogens is 157 g/mol. The van der Waals surface area contributed by atoms with Crippen LogP contribution in [-0.2, 0) is 4.81 Å². The highest BCUT2D eigenvalue weighted by Gasteiger charge is 2.30. The lowest BCUT2D eigenvalue weighted by molar-refractivity contribution is -0.104. The van der Waals surface area contributed by atoms with E-state index in [0.29, 0.717) is 11.2 Å². The molecule has 5 heteroatoms. The van der Waals surface area contributed by atoms with Crippen molar-refractivity contribution in [3.63, 3.8) is 0 Å². The molecule has 12 heavy (non-hydrogen) atoms. The molecule has 0 bridgehead atoms. The van der Waals surface area contributed by atoms with Gasteiger partial charge in [-0.05, 0) is 6.07 Å². The molecule has 4 nitrogen and oxygen atoms in total. The monoisotopic (exact) mass is 167 g/mol. The van der Waals surface area contributed by atoms with Gasteiger partial charge in [-0.25, -0.2) is 4.81 Å². The van der Waals surface area contributed by atoms with Gasteiger partial charge in [-0.15, -0.1) is 0 Å². The van der Waals surface area contributed by atoms with E-state index in [9.17, 15) is 0 Å². The Labute approximate surface area is 71.2 Å². The van der Waals surface area contributed by atoms with Crippen LogP contribution in [0.5, 0.6) is 5.75 Å². The van der Waals surface area contributed by atoms with Crippen molar-refractivity contribution in [1.29, 1.82) is 0 Å². The molecule has 2 heterocycles. The van der Waals surface area contributed by atoms with E-state index in [2.05, 4.69) is 14.7 Å². The van der Waals surface area contributed by atoms with E-state index in [1.807, 2.05) is 13.8 Å². The van der Waals surface area contributed by atoms with Crippen LogP contribution >= 0.6 is 0 Å². The lowest BCUT2D eigenvalue weighted by Gasteiger charge is -1.89. The van der Waals surface area contributed by atoms with E-state index in [1.54, 1.807) is 12.3 Å². The van der Waals surface area contributed by atoms with Crippen LogP contribution in [0.1, 0.15) is 13.8 Å². The Morgan fingerprint density at radius 3 is 2.92 bits per heavy atom. The predicted molar refractivity (Wildman–Crippen MR) is 44.9 cm³/mol. The summed E-state index contributed by atoms with van der Waals surface area (Å²) in [5.41, 5.74) is 0.620. The molecule has 2 rings (SSSR count). The first kappa shape index (κ1) is 9.03. The molecule has 0 saturated carbocycles. The quantitative estimate of drug-likeness (QED) is 0.440. The van der Waals surface area contributed by atoms with E-state index in [0.717, 1.165) is 0 Å². The van der Waals surface area contributed by atoms with E-state index >= 15 is 0 Å². The Morgan fingerprint density at radius 1 is 1.50 bits per heavy atom. The molecular formula is C7H10BNO3. The second-order valence-electron chi connectivity index (χ2n) is 1.95. The molecule has 1 aromatic heterocycles. The third-order valence-corrected chi connectivity index (χ3v) is 1.31. The SMILES string of the molecule is CC.OB1OOc2cnccc21. The first-order valence-electron chi connectivity index (χ1n) is 3.83. The van der Waals surface area contributed by atoms with Crippen molar-refractivity contribution >= 4 is 12.6 Å². The summed E-state index contributed by atoms with van der Waals surface area (Å²) < 4.78 is 0. The van der Waals surface area contributed by atoms with Gasteiger partial charge >= 0.3 is 7.12 Å². The Bertz CT molecular complexity index is 256. The minimum absolute atomic E-state index is 0.481. The first-order valence-corrected chi connectivity index (χ1v) is 3.83. The van der Waals surface area contributed by atoms with Crippen LogP contribution in [0.15, 0.2) is 18.5 Å². The van der Waals surface area contributed by atoms with E-state index in [-0.39, 0.29) is 0 Å². The molecule has 0 unspecified atom stereocenters. The second kappa shape index (κ2) is 4.08. The minimum atomic E-state index is -0.960. The lowest BCUT2D eigenvalue weighted by Crippen LogP contribution is -2.26. The lowest BCUT2D eigenvalue weighted by atomic mass is 9.81. The van der Waals surface area contributed by atoms with Crippen LogP contribution in [0.2, 0.25) is 0 Å². The van der Waals surface area contributed by atoms with E-state index in [4.69, 9.17) is 5.02 Å². The maximum absolute atomic E-state index is 9.01. The van der Waals surface area contributed by atoms with E-state index in [1.165, 1.54) is 6.20 Å². The number of hydrogen-bond donors (Lipinski definition) is 1. The number of fused-ring (bicyclic) bond motifs is 1. The Morgan fingerprint density at radius 2 is 2.25 bits per heavy atom. The Hall–Kier alpha value is -1.07. The van der Waals surface area contributed by atoms with Crippen molar-refractivity contribution in [2.45, 2.75) is 13.8 Å². The van der Waals surface area contributed by atoms with Gasteiger partial charge in [-0.2, -0.15) is 0 Å². The van der Waals surface area contributed by atoms with Gasteiger partial charge in [-0.1, -0.05) is 13.8 Å². The second-order valence-corrected chi connectivity index (χ2v) is 1.95. The summed E-state index contributed by atoms with van der Waals surface area (Å²) in [5.74, 6) is 0.481. The maximum Gasteiger partial charge on any atom is 0.542 e. The molecule has 0 spiro atoms. The summed E-state index contributed by atoms with van der Waals surface area (Å²) in [4.78, 5) is 12.8. The third kappa shape index (κ3) is 1.57. The van der Waals surface area contributed by atoms with Crippen molar-refractivity contribution in [2.75, 3.05) is 0 Å². The van der Waals surface area contributed by atoms with Crippen molar-refractivity contribution < 1.29 is 14.7 Å². The molecule has 0 atom stereocenters. The topological polar surface area (TPSA) is 51.6 Å².